The molecule has 1 aromatic heterocycles. The van der Waals surface area contributed by atoms with Gasteiger partial charge in [0, 0.05) is 28.2 Å². The monoisotopic (exact) mass is 305 g/mol. The van der Waals surface area contributed by atoms with E-state index in [0.29, 0.717) is 5.57 Å². The van der Waals surface area contributed by atoms with Gasteiger partial charge in [0.1, 0.15) is 5.57 Å². The van der Waals surface area contributed by atoms with Crippen molar-refractivity contribution in [3.05, 3.63) is 33.1 Å². The van der Waals surface area contributed by atoms with Gasteiger partial charge >= 0.3 is 0 Å². The first-order valence-corrected chi connectivity index (χ1v) is 6.55. The minimum Gasteiger partial charge on any atom is -0.858 e. The number of aromatic nitrogens is 2. The number of hydrogen-bond donors (Lipinski definition) is 0. The van der Waals surface area contributed by atoms with Crippen LogP contribution in [0.15, 0.2) is 22.0 Å². The van der Waals surface area contributed by atoms with Crippen molar-refractivity contribution in [3.63, 3.8) is 0 Å². The van der Waals surface area contributed by atoms with Crippen LogP contribution in [0.2, 0.25) is 0 Å². The van der Waals surface area contributed by atoms with Gasteiger partial charge in [-0.25, -0.2) is 0 Å². The van der Waals surface area contributed by atoms with Crippen molar-refractivity contribution in [2.45, 2.75) is 6.92 Å². The number of likely N-dealkylation sites (N-methyl/N-ethyl adjacent to an activating group) is 2. The average molecular weight is 305 g/mol. The Morgan fingerprint density at radius 2 is 1.45 bits per heavy atom. The van der Waals surface area contributed by atoms with Gasteiger partial charge in [0.15, 0.2) is 0 Å². The van der Waals surface area contributed by atoms with Crippen LogP contribution >= 0.6 is 0 Å². The summed E-state index contributed by atoms with van der Waals surface area (Å²) in [5.74, 6) is -1.28. The Bertz CT molecular complexity index is 759. The summed E-state index contributed by atoms with van der Waals surface area (Å²) in [7, 11) is 5.96. The highest BCUT2D eigenvalue weighted by Crippen LogP contribution is 2.19. The van der Waals surface area contributed by atoms with Crippen molar-refractivity contribution < 1.29 is 14.7 Å². The molecule has 1 aromatic rings. The SMILES string of the molecule is CC(=Cc1c([O-])n(C)n(C)c1=O)C=C1C(=O)N(C)N(C)C1=O. The molecule has 0 aromatic carbocycles. The molecule has 2 amide bonds. The summed E-state index contributed by atoms with van der Waals surface area (Å²) in [6.07, 6.45) is 2.77. The molecule has 8 heteroatoms. The maximum atomic E-state index is 11.9. The van der Waals surface area contributed by atoms with Gasteiger partial charge in [-0.1, -0.05) is 0 Å². The van der Waals surface area contributed by atoms with E-state index in [0.717, 1.165) is 0 Å². The maximum Gasteiger partial charge on any atom is 0.277 e. The second kappa shape index (κ2) is 5.21. The molecule has 1 aliphatic heterocycles. The zero-order valence-corrected chi connectivity index (χ0v) is 13.1. The lowest BCUT2D eigenvalue weighted by molar-refractivity contribution is -0.280. The molecule has 0 aliphatic carbocycles. The lowest BCUT2D eigenvalue weighted by Crippen LogP contribution is -2.33. The van der Waals surface area contributed by atoms with E-state index in [4.69, 9.17) is 0 Å². The average Bonchev–Trinajstić information content (AvgIpc) is 2.77. The van der Waals surface area contributed by atoms with Gasteiger partial charge in [0.2, 0.25) is 0 Å². The first-order valence-electron chi connectivity index (χ1n) is 6.55. The van der Waals surface area contributed by atoms with E-state index in [1.807, 2.05) is 0 Å². The first-order chi connectivity index (χ1) is 10.2. The van der Waals surface area contributed by atoms with E-state index in [2.05, 4.69) is 0 Å². The topological polar surface area (TPSA) is 90.6 Å². The van der Waals surface area contributed by atoms with Crippen LogP contribution in [0.4, 0.5) is 0 Å². The Kier molecular flexibility index (Phi) is 3.70. The van der Waals surface area contributed by atoms with Crippen molar-refractivity contribution >= 4 is 17.9 Å². The predicted molar refractivity (Wildman–Crippen MR) is 77.4 cm³/mol. The number of carbonyl (C=O) groups is 2. The van der Waals surface area contributed by atoms with Crippen LogP contribution in [0.1, 0.15) is 12.5 Å². The predicted octanol–water partition coefficient (Wildman–Crippen LogP) is -1.03. The van der Waals surface area contributed by atoms with E-state index in [-0.39, 0.29) is 11.1 Å². The maximum absolute atomic E-state index is 11.9. The molecular formula is C14H17N4O4-. The standard InChI is InChI=1S/C14H18N4O4/c1-8(6-9-11(19)15(2)16(3)12(9)20)7-10-13(21)17(4)18(5)14(10)22/h6-7,19H,1-5H3/p-1. The fourth-order valence-electron chi connectivity index (χ4n) is 2.17. The number of carbonyl (C=O) groups excluding carboxylic acids is 2. The van der Waals surface area contributed by atoms with Gasteiger partial charge in [-0.2, -0.15) is 0 Å². The third-order valence-corrected chi connectivity index (χ3v) is 3.74. The summed E-state index contributed by atoms with van der Waals surface area (Å²) in [6, 6.07) is 0. The van der Waals surface area contributed by atoms with Crippen LogP contribution in [0.5, 0.6) is 5.88 Å². The van der Waals surface area contributed by atoms with Crippen LogP contribution in [0.25, 0.3) is 6.08 Å². The van der Waals surface area contributed by atoms with Crippen LogP contribution in [-0.2, 0) is 23.7 Å². The Balaban J connectivity index is 2.46. The molecule has 0 spiro atoms. The smallest absolute Gasteiger partial charge is 0.277 e. The van der Waals surface area contributed by atoms with E-state index in [9.17, 15) is 19.5 Å². The molecule has 0 radical (unpaired) electrons. The van der Waals surface area contributed by atoms with Gasteiger partial charge < -0.3 is 5.11 Å². The zero-order valence-electron chi connectivity index (χ0n) is 13.1. The van der Waals surface area contributed by atoms with E-state index >= 15 is 0 Å². The number of hydrogen-bond acceptors (Lipinski definition) is 4. The molecule has 0 N–H and O–H groups in total. The summed E-state index contributed by atoms with van der Waals surface area (Å²) in [5, 5.41) is 14.3. The third-order valence-electron chi connectivity index (χ3n) is 3.74. The van der Waals surface area contributed by atoms with Crippen molar-refractivity contribution in [2.75, 3.05) is 14.1 Å². The van der Waals surface area contributed by atoms with Crippen LogP contribution < -0.4 is 10.7 Å². The lowest BCUT2D eigenvalue weighted by atomic mass is 10.1. The molecule has 1 aliphatic rings. The van der Waals surface area contributed by atoms with Crippen LogP contribution in [0.3, 0.4) is 0 Å². The Labute approximate surface area is 127 Å². The fraction of sp³-hybridized carbons (Fsp3) is 0.357. The highest BCUT2D eigenvalue weighted by Gasteiger charge is 2.35. The summed E-state index contributed by atoms with van der Waals surface area (Å²) >= 11 is 0. The van der Waals surface area contributed by atoms with Crippen LogP contribution in [-0.4, -0.2) is 45.3 Å². The van der Waals surface area contributed by atoms with Gasteiger partial charge in [-0.05, 0) is 30.5 Å². The van der Waals surface area contributed by atoms with Crippen LogP contribution in [0, 0.1) is 0 Å². The summed E-state index contributed by atoms with van der Waals surface area (Å²) in [5.41, 5.74) is 0.0438. The van der Waals surface area contributed by atoms with E-state index < -0.39 is 23.3 Å². The van der Waals surface area contributed by atoms with Crippen molar-refractivity contribution in [2.24, 2.45) is 14.1 Å². The van der Waals surface area contributed by atoms with Gasteiger partial charge in [-0.3, -0.25) is 33.8 Å². The second-order valence-electron chi connectivity index (χ2n) is 5.18. The Hall–Kier alpha value is -2.77. The molecule has 118 valence electrons. The highest BCUT2D eigenvalue weighted by molar-refractivity contribution is 6.22. The Morgan fingerprint density at radius 1 is 0.955 bits per heavy atom. The molecule has 22 heavy (non-hydrogen) atoms. The molecular weight excluding hydrogens is 288 g/mol. The van der Waals surface area contributed by atoms with E-state index in [1.54, 1.807) is 6.92 Å². The van der Waals surface area contributed by atoms with Gasteiger partial charge in [-0.15, -0.1) is 0 Å². The van der Waals surface area contributed by atoms with Gasteiger partial charge in [0.05, 0.1) is 5.56 Å². The Morgan fingerprint density at radius 3 is 1.86 bits per heavy atom. The van der Waals surface area contributed by atoms with E-state index in [1.165, 1.54) is 59.7 Å². The summed E-state index contributed by atoms with van der Waals surface area (Å²) in [4.78, 5) is 35.8. The number of nitrogens with zero attached hydrogens (tertiary/aromatic N) is 4. The van der Waals surface area contributed by atoms with Gasteiger partial charge in [0.25, 0.3) is 17.4 Å². The second-order valence-corrected chi connectivity index (χ2v) is 5.18. The number of hydrazine groups is 1. The lowest BCUT2D eigenvalue weighted by Gasteiger charge is -2.16. The number of rotatable bonds is 2. The summed E-state index contributed by atoms with van der Waals surface area (Å²) < 4.78 is 2.39. The largest absolute Gasteiger partial charge is 0.858 e. The van der Waals surface area contributed by atoms with Crippen molar-refractivity contribution in [1.29, 1.82) is 0 Å². The highest BCUT2D eigenvalue weighted by atomic mass is 16.3. The first kappa shape index (κ1) is 15.6. The molecule has 2 heterocycles. The fourth-order valence-corrected chi connectivity index (χ4v) is 2.17. The normalized spacial score (nSPS) is 16.0. The quantitative estimate of drug-likeness (QED) is 0.516. The molecule has 2 rings (SSSR count). The molecule has 1 fully saturated rings. The minimum absolute atomic E-state index is 0.000968. The minimum atomic E-state index is -0.427. The molecule has 0 atom stereocenters. The molecule has 8 nitrogen and oxygen atoms in total. The third kappa shape index (κ3) is 2.22. The molecule has 0 saturated carbocycles. The molecule has 1 saturated heterocycles. The molecule has 0 bridgehead atoms. The number of allylic oxidation sites excluding steroid dienone is 2. The summed E-state index contributed by atoms with van der Waals surface area (Å²) in [6.45, 7) is 1.62. The molecule has 0 unspecified atom stereocenters. The van der Waals surface area contributed by atoms with Crippen molar-refractivity contribution in [3.8, 4) is 5.88 Å². The number of amides is 2. The zero-order chi connectivity index (χ0) is 16.8. The van der Waals surface area contributed by atoms with Crippen molar-refractivity contribution in [1.82, 2.24) is 19.4 Å².